The smallest absolute Gasteiger partial charge is 0.269 e. The number of hydrogen-bond acceptors (Lipinski definition) is 6. The highest BCUT2D eigenvalue weighted by Crippen LogP contribution is 2.29. The highest BCUT2D eigenvalue weighted by atomic mass is 32.2. The van der Waals surface area contributed by atoms with E-state index in [0.717, 1.165) is 16.7 Å². The molecule has 8 nitrogen and oxygen atoms in total. The number of aromatic nitrogens is 3. The Labute approximate surface area is 229 Å². The number of nitro benzene ring substituents is 1. The third-order valence-corrected chi connectivity index (χ3v) is 7.18. The van der Waals surface area contributed by atoms with Crippen molar-refractivity contribution in [2.24, 2.45) is 0 Å². The van der Waals surface area contributed by atoms with E-state index in [4.69, 9.17) is 0 Å². The van der Waals surface area contributed by atoms with Gasteiger partial charge in [-0.3, -0.25) is 19.5 Å². The average Bonchev–Trinajstić information content (AvgIpc) is 3.41. The summed E-state index contributed by atoms with van der Waals surface area (Å²) < 4.78 is 1.83. The lowest BCUT2D eigenvalue weighted by molar-refractivity contribution is -0.384. The van der Waals surface area contributed by atoms with Gasteiger partial charge in [0.25, 0.3) is 11.6 Å². The first kappa shape index (κ1) is 25.9. The molecule has 1 heterocycles. The molecule has 0 radical (unpaired) electrons. The van der Waals surface area contributed by atoms with Gasteiger partial charge in [0.05, 0.1) is 11.0 Å². The van der Waals surface area contributed by atoms with Crippen molar-refractivity contribution in [3.63, 3.8) is 0 Å². The molecule has 0 saturated carbocycles. The van der Waals surface area contributed by atoms with Crippen molar-refractivity contribution < 1.29 is 9.72 Å². The lowest BCUT2D eigenvalue weighted by atomic mass is 10.0. The predicted octanol–water partition coefficient (Wildman–Crippen LogP) is 6.63. The molecule has 194 valence electrons. The van der Waals surface area contributed by atoms with Gasteiger partial charge in [0.15, 0.2) is 11.0 Å². The molecular weight excluding hydrogens is 510 g/mol. The molecule has 0 bridgehead atoms. The fraction of sp³-hybridized carbons (Fsp3) is 0.100. The van der Waals surface area contributed by atoms with Crippen LogP contribution >= 0.6 is 11.8 Å². The number of non-ortho nitro benzene ring substituents is 1. The number of benzene rings is 4. The second kappa shape index (κ2) is 11.7. The van der Waals surface area contributed by atoms with E-state index in [0.29, 0.717) is 28.0 Å². The fourth-order valence-corrected chi connectivity index (χ4v) is 5.05. The van der Waals surface area contributed by atoms with Crippen LogP contribution in [0.15, 0.2) is 114 Å². The Kier molecular flexibility index (Phi) is 7.79. The van der Waals surface area contributed by atoms with Crippen molar-refractivity contribution in [2.75, 3.05) is 0 Å². The van der Waals surface area contributed by atoms with Gasteiger partial charge in [0, 0.05) is 29.1 Å². The van der Waals surface area contributed by atoms with Gasteiger partial charge in [-0.15, -0.1) is 10.2 Å². The number of nitro groups is 1. The molecule has 0 aliphatic rings. The van der Waals surface area contributed by atoms with E-state index in [-0.39, 0.29) is 11.6 Å². The second-order valence-corrected chi connectivity index (χ2v) is 9.80. The Morgan fingerprint density at radius 1 is 0.872 bits per heavy atom. The molecule has 1 unspecified atom stereocenters. The molecule has 1 atom stereocenters. The first-order chi connectivity index (χ1) is 19.0. The van der Waals surface area contributed by atoms with Crippen LogP contribution in [0, 0.1) is 10.1 Å². The first-order valence-electron chi connectivity index (χ1n) is 12.3. The van der Waals surface area contributed by atoms with E-state index in [9.17, 15) is 14.9 Å². The van der Waals surface area contributed by atoms with Crippen LogP contribution in [0.25, 0.3) is 16.8 Å². The van der Waals surface area contributed by atoms with Crippen LogP contribution < -0.4 is 5.32 Å². The lowest BCUT2D eigenvalue weighted by Crippen LogP contribution is -2.28. The highest BCUT2D eigenvalue weighted by Gasteiger charge is 2.22. The maximum atomic E-state index is 13.1. The van der Waals surface area contributed by atoms with Crippen LogP contribution in [0.3, 0.4) is 0 Å². The fourth-order valence-electron chi connectivity index (χ4n) is 4.13. The van der Waals surface area contributed by atoms with Gasteiger partial charge < -0.3 is 5.32 Å². The molecule has 0 aliphatic carbocycles. The van der Waals surface area contributed by atoms with Gasteiger partial charge in [0.2, 0.25) is 0 Å². The van der Waals surface area contributed by atoms with E-state index in [1.54, 1.807) is 24.3 Å². The lowest BCUT2D eigenvalue weighted by Gasteiger charge is -2.16. The van der Waals surface area contributed by atoms with Gasteiger partial charge >= 0.3 is 0 Å². The van der Waals surface area contributed by atoms with Gasteiger partial charge in [-0.2, -0.15) is 0 Å². The predicted molar refractivity (Wildman–Crippen MR) is 152 cm³/mol. The van der Waals surface area contributed by atoms with E-state index in [1.807, 2.05) is 84.3 Å². The molecule has 0 spiro atoms. The summed E-state index contributed by atoms with van der Waals surface area (Å²) in [6.07, 6.45) is 0. The van der Waals surface area contributed by atoms with Gasteiger partial charge in [-0.1, -0.05) is 84.6 Å². The molecule has 39 heavy (non-hydrogen) atoms. The summed E-state index contributed by atoms with van der Waals surface area (Å²) in [5.74, 6) is 0.952. The Bertz CT molecular complexity index is 1570. The second-order valence-electron chi connectivity index (χ2n) is 8.86. The quantitative estimate of drug-likeness (QED) is 0.129. The standard InChI is InChI=1S/C30H25N5O3S/c1-21(31-29(36)25-14-12-24(13-15-25)23-10-6-3-7-11-23)28-32-33-30(39-20-22-8-4-2-5-9-22)34(28)26-16-18-27(19-17-26)35(37)38/h2-19,21H,20H2,1H3,(H,31,36). The van der Waals surface area contributed by atoms with Crippen LogP contribution in [-0.2, 0) is 5.75 Å². The zero-order valence-electron chi connectivity index (χ0n) is 21.1. The Hall–Kier alpha value is -4.76. The number of carbonyl (C=O) groups excluding carboxylic acids is 1. The summed E-state index contributed by atoms with van der Waals surface area (Å²) >= 11 is 1.50. The highest BCUT2D eigenvalue weighted by molar-refractivity contribution is 7.98. The third-order valence-electron chi connectivity index (χ3n) is 6.18. The van der Waals surface area contributed by atoms with Gasteiger partial charge in [-0.25, -0.2) is 0 Å². The van der Waals surface area contributed by atoms with Crippen LogP contribution in [0.2, 0.25) is 0 Å². The van der Waals surface area contributed by atoms with E-state index in [2.05, 4.69) is 15.5 Å². The Morgan fingerprint density at radius 3 is 2.13 bits per heavy atom. The topological polar surface area (TPSA) is 103 Å². The molecule has 0 saturated heterocycles. The third kappa shape index (κ3) is 6.05. The monoisotopic (exact) mass is 535 g/mol. The summed E-state index contributed by atoms with van der Waals surface area (Å²) in [4.78, 5) is 23.9. The van der Waals surface area contributed by atoms with E-state index in [1.165, 1.54) is 23.9 Å². The van der Waals surface area contributed by atoms with Crippen molar-refractivity contribution in [3.8, 4) is 16.8 Å². The Morgan fingerprint density at radius 2 is 1.49 bits per heavy atom. The number of nitrogens with zero attached hydrogens (tertiary/aromatic N) is 4. The average molecular weight is 536 g/mol. The van der Waals surface area contributed by atoms with Crippen molar-refractivity contribution in [3.05, 3.63) is 136 Å². The van der Waals surface area contributed by atoms with Gasteiger partial charge in [0.1, 0.15) is 0 Å². The maximum absolute atomic E-state index is 13.1. The van der Waals surface area contributed by atoms with Crippen molar-refractivity contribution in [2.45, 2.75) is 23.9 Å². The number of hydrogen-bond donors (Lipinski definition) is 1. The number of nitrogens with one attached hydrogen (secondary N) is 1. The van der Waals surface area contributed by atoms with Gasteiger partial charge in [-0.05, 0) is 47.9 Å². The molecule has 1 aromatic heterocycles. The minimum Gasteiger partial charge on any atom is -0.342 e. The van der Waals surface area contributed by atoms with E-state index < -0.39 is 11.0 Å². The van der Waals surface area contributed by atoms with Crippen molar-refractivity contribution in [1.82, 2.24) is 20.1 Å². The zero-order valence-corrected chi connectivity index (χ0v) is 21.9. The molecule has 0 aliphatic heterocycles. The summed E-state index contributed by atoms with van der Waals surface area (Å²) in [6, 6.07) is 33.1. The SMILES string of the molecule is CC(NC(=O)c1ccc(-c2ccccc2)cc1)c1nnc(SCc2ccccc2)n1-c1ccc([N+](=O)[O-])cc1. The van der Waals surface area contributed by atoms with Crippen LogP contribution in [0.4, 0.5) is 5.69 Å². The number of amides is 1. The first-order valence-corrected chi connectivity index (χ1v) is 13.3. The summed E-state index contributed by atoms with van der Waals surface area (Å²) in [6.45, 7) is 1.84. The molecule has 1 N–H and O–H groups in total. The number of rotatable bonds is 9. The van der Waals surface area contributed by atoms with Crippen LogP contribution in [0.1, 0.15) is 34.7 Å². The summed E-state index contributed by atoms with van der Waals surface area (Å²) in [5.41, 5.74) is 4.42. The number of thioether (sulfide) groups is 1. The number of carbonyl (C=O) groups is 1. The van der Waals surface area contributed by atoms with Crippen LogP contribution in [-0.4, -0.2) is 25.6 Å². The Balaban J connectivity index is 1.39. The molecule has 9 heteroatoms. The molecule has 1 amide bonds. The van der Waals surface area contributed by atoms with Crippen LogP contribution in [0.5, 0.6) is 0 Å². The zero-order chi connectivity index (χ0) is 27.2. The summed E-state index contributed by atoms with van der Waals surface area (Å²) in [7, 11) is 0. The van der Waals surface area contributed by atoms with Crippen molar-refractivity contribution >= 4 is 23.4 Å². The molecule has 5 aromatic rings. The normalized spacial score (nSPS) is 11.6. The molecule has 0 fully saturated rings. The summed E-state index contributed by atoms with van der Waals surface area (Å²) in [5, 5.41) is 23.6. The van der Waals surface area contributed by atoms with Crippen molar-refractivity contribution in [1.29, 1.82) is 0 Å². The maximum Gasteiger partial charge on any atom is 0.269 e. The van der Waals surface area contributed by atoms with E-state index >= 15 is 0 Å². The molecular formula is C30H25N5O3S. The molecule has 5 rings (SSSR count). The largest absolute Gasteiger partial charge is 0.342 e. The minimum absolute atomic E-state index is 0.00726. The molecule has 4 aromatic carbocycles. The minimum atomic E-state index is -0.486.